The lowest BCUT2D eigenvalue weighted by Crippen LogP contribution is -2.46. The maximum Gasteiger partial charge on any atom is 0.252 e. The lowest BCUT2D eigenvalue weighted by molar-refractivity contribution is 0.0442. The van der Waals surface area contributed by atoms with Gasteiger partial charge in [0, 0.05) is 17.8 Å². The van der Waals surface area contributed by atoms with E-state index in [1.807, 2.05) is 30.3 Å². The van der Waals surface area contributed by atoms with Crippen molar-refractivity contribution in [2.75, 3.05) is 11.9 Å². The van der Waals surface area contributed by atoms with Gasteiger partial charge in [-0.1, -0.05) is 36.9 Å². The molecule has 0 aliphatic rings. The Kier molecular flexibility index (Phi) is 5.59. The minimum atomic E-state index is -1.72. The standard InChI is InChI=1S/C19H21N3O3/c1-3-11-21-19(25,13(2)22-15-7-5-4-6-8-15)14-9-10-17(23)16(12-14)18(20)24/h3-10,12,21-23,25H,1-2,11H2,(H2,20,24). The minimum absolute atomic E-state index is 0.0937. The third-order valence-corrected chi connectivity index (χ3v) is 3.69. The van der Waals surface area contributed by atoms with Gasteiger partial charge in [0.15, 0.2) is 5.72 Å². The first-order valence-electron chi connectivity index (χ1n) is 7.61. The number of aliphatic hydroxyl groups is 1. The van der Waals surface area contributed by atoms with Crippen molar-refractivity contribution in [2.24, 2.45) is 5.73 Å². The maximum absolute atomic E-state index is 11.5. The molecule has 0 heterocycles. The molecular formula is C19H21N3O3. The number of para-hydroxylation sites is 1. The largest absolute Gasteiger partial charge is 0.507 e. The lowest BCUT2D eigenvalue weighted by atomic mass is 9.96. The van der Waals surface area contributed by atoms with Crippen LogP contribution >= 0.6 is 0 Å². The molecule has 0 spiro atoms. The summed E-state index contributed by atoms with van der Waals surface area (Å²) in [6.45, 7) is 7.81. The molecule has 1 amide bonds. The normalized spacial score (nSPS) is 12.8. The molecule has 6 N–H and O–H groups in total. The number of carbonyl (C=O) groups excluding carboxylic acids is 1. The number of rotatable bonds is 8. The monoisotopic (exact) mass is 339 g/mol. The van der Waals surface area contributed by atoms with Gasteiger partial charge >= 0.3 is 0 Å². The Morgan fingerprint density at radius 1 is 1.24 bits per heavy atom. The van der Waals surface area contributed by atoms with Crippen LogP contribution in [0.1, 0.15) is 15.9 Å². The zero-order chi connectivity index (χ0) is 18.4. The third-order valence-electron chi connectivity index (χ3n) is 3.69. The molecule has 0 saturated heterocycles. The number of nitrogens with one attached hydrogen (secondary N) is 2. The molecule has 2 rings (SSSR count). The van der Waals surface area contributed by atoms with Gasteiger partial charge in [0.25, 0.3) is 5.91 Å². The van der Waals surface area contributed by atoms with E-state index in [2.05, 4.69) is 23.8 Å². The highest BCUT2D eigenvalue weighted by Gasteiger charge is 2.33. The van der Waals surface area contributed by atoms with E-state index >= 15 is 0 Å². The quantitative estimate of drug-likeness (QED) is 0.374. The van der Waals surface area contributed by atoms with E-state index in [1.54, 1.807) is 6.08 Å². The maximum atomic E-state index is 11.5. The van der Waals surface area contributed by atoms with Crippen molar-refractivity contribution in [3.63, 3.8) is 0 Å². The number of anilines is 1. The molecule has 0 fully saturated rings. The van der Waals surface area contributed by atoms with Crippen LogP contribution in [0.2, 0.25) is 0 Å². The fourth-order valence-corrected chi connectivity index (χ4v) is 2.35. The highest BCUT2D eigenvalue weighted by atomic mass is 16.3. The van der Waals surface area contributed by atoms with Gasteiger partial charge in [-0.15, -0.1) is 6.58 Å². The Bertz CT molecular complexity index is 790. The van der Waals surface area contributed by atoms with Crippen molar-refractivity contribution < 1.29 is 15.0 Å². The lowest BCUT2D eigenvalue weighted by Gasteiger charge is -2.32. The first-order valence-corrected chi connectivity index (χ1v) is 7.61. The van der Waals surface area contributed by atoms with Crippen molar-refractivity contribution in [3.8, 4) is 5.75 Å². The molecule has 0 bridgehead atoms. The van der Waals surface area contributed by atoms with Crippen LogP contribution in [0.15, 0.2) is 73.5 Å². The second-order valence-electron chi connectivity index (χ2n) is 5.45. The van der Waals surface area contributed by atoms with Gasteiger partial charge in [-0.25, -0.2) is 0 Å². The first-order chi connectivity index (χ1) is 11.9. The zero-order valence-corrected chi connectivity index (χ0v) is 13.7. The van der Waals surface area contributed by atoms with E-state index in [0.717, 1.165) is 5.69 Å². The summed E-state index contributed by atoms with van der Waals surface area (Å²) in [6.07, 6.45) is 1.58. The van der Waals surface area contributed by atoms with E-state index in [4.69, 9.17) is 5.73 Å². The zero-order valence-electron chi connectivity index (χ0n) is 13.7. The molecule has 1 atom stereocenters. The molecule has 1 unspecified atom stereocenters. The van der Waals surface area contributed by atoms with Gasteiger partial charge in [0.05, 0.1) is 11.3 Å². The van der Waals surface area contributed by atoms with Crippen molar-refractivity contribution in [1.82, 2.24) is 5.32 Å². The van der Waals surface area contributed by atoms with Crippen LogP contribution in [-0.2, 0) is 5.72 Å². The Morgan fingerprint density at radius 3 is 2.52 bits per heavy atom. The molecule has 0 radical (unpaired) electrons. The molecule has 0 aliphatic carbocycles. The predicted molar refractivity (Wildman–Crippen MR) is 97.9 cm³/mol. The second kappa shape index (κ2) is 7.65. The molecule has 6 nitrogen and oxygen atoms in total. The minimum Gasteiger partial charge on any atom is -0.507 e. The van der Waals surface area contributed by atoms with E-state index in [9.17, 15) is 15.0 Å². The van der Waals surface area contributed by atoms with Gasteiger partial charge in [-0.05, 0) is 24.3 Å². The summed E-state index contributed by atoms with van der Waals surface area (Å²) in [5.74, 6) is -1.06. The van der Waals surface area contributed by atoms with Crippen molar-refractivity contribution in [3.05, 3.63) is 84.6 Å². The number of nitrogens with two attached hydrogens (primary N) is 1. The SMILES string of the molecule is C=CCNC(O)(C(=C)Nc1ccccc1)c1ccc(O)c(C(N)=O)c1. The smallest absolute Gasteiger partial charge is 0.252 e. The van der Waals surface area contributed by atoms with Crippen LogP contribution in [0.4, 0.5) is 5.69 Å². The van der Waals surface area contributed by atoms with E-state index < -0.39 is 11.6 Å². The van der Waals surface area contributed by atoms with Crippen LogP contribution in [0.3, 0.4) is 0 Å². The molecule has 0 aliphatic heterocycles. The van der Waals surface area contributed by atoms with Gasteiger partial charge in [0.2, 0.25) is 0 Å². The molecular weight excluding hydrogens is 318 g/mol. The van der Waals surface area contributed by atoms with Gasteiger partial charge in [0.1, 0.15) is 5.75 Å². The second-order valence-corrected chi connectivity index (χ2v) is 5.45. The molecule has 6 heteroatoms. The van der Waals surface area contributed by atoms with Gasteiger partial charge in [-0.2, -0.15) is 0 Å². The molecule has 2 aromatic rings. The number of primary amides is 1. The van der Waals surface area contributed by atoms with Crippen LogP contribution in [0, 0.1) is 0 Å². The number of amides is 1. The summed E-state index contributed by atoms with van der Waals surface area (Å²) in [6, 6.07) is 13.3. The van der Waals surface area contributed by atoms with Crippen molar-refractivity contribution in [2.45, 2.75) is 5.72 Å². The Hall–Kier alpha value is -3.09. The number of benzene rings is 2. The van der Waals surface area contributed by atoms with Crippen LogP contribution in [-0.4, -0.2) is 22.7 Å². The summed E-state index contributed by atoms with van der Waals surface area (Å²) < 4.78 is 0. The number of aromatic hydroxyl groups is 1. The van der Waals surface area contributed by atoms with Crippen LogP contribution in [0.5, 0.6) is 5.75 Å². The summed E-state index contributed by atoms with van der Waals surface area (Å²) in [7, 11) is 0. The number of phenols is 1. The first kappa shape index (κ1) is 18.3. The fraction of sp³-hybridized carbons (Fsp3) is 0.105. The molecule has 25 heavy (non-hydrogen) atoms. The Balaban J connectivity index is 2.43. The van der Waals surface area contributed by atoms with E-state index in [1.165, 1.54) is 18.2 Å². The summed E-state index contributed by atoms with van der Waals surface area (Å²) in [5, 5.41) is 26.9. The molecule has 2 aromatic carbocycles. The van der Waals surface area contributed by atoms with Crippen LogP contribution in [0.25, 0.3) is 0 Å². The van der Waals surface area contributed by atoms with Crippen molar-refractivity contribution in [1.29, 1.82) is 0 Å². The highest BCUT2D eigenvalue weighted by Crippen LogP contribution is 2.30. The predicted octanol–water partition coefficient (Wildman–Crippen LogP) is 2.04. The van der Waals surface area contributed by atoms with Crippen molar-refractivity contribution >= 4 is 11.6 Å². The average molecular weight is 339 g/mol. The molecule has 130 valence electrons. The summed E-state index contributed by atoms with van der Waals surface area (Å²) >= 11 is 0. The number of hydrogen-bond donors (Lipinski definition) is 5. The highest BCUT2D eigenvalue weighted by molar-refractivity contribution is 5.95. The molecule has 0 aromatic heterocycles. The Labute approximate surface area is 146 Å². The summed E-state index contributed by atoms with van der Waals surface area (Å²) in [5.41, 5.74) is 4.73. The van der Waals surface area contributed by atoms with Gasteiger partial charge < -0.3 is 21.3 Å². The third kappa shape index (κ3) is 4.06. The Morgan fingerprint density at radius 2 is 1.92 bits per heavy atom. The van der Waals surface area contributed by atoms with Crippen LogP contribution < -0.4 is 16.4 Å². The average Bonchev–Trinajstić information content (AvgIpc) is 2.60. The number of hydrogen-bond acceptors (Lipinski definition) is 5. The topological polar surface area (TPSA) is 108 Å². The number of carbonyl (C=O) groups is 1. The fourth-order valence-electron chi connectivity index (χ4n) is 2.35. The van der Waals surface area contributed by atoms with E-state index in [-0.39, 0.29) is 23.6 Å². The van der Waals surface area contributed by atoms with Gasteiger partial charge in [-0.3, -0.25) is 10.1 Å². The van der Waals surface area contributed by atoms with E-state index in [0.29, 0.717) is 5.56 Å². The summed E-state index contributed by atoms with van der Waals surface area (Å²) in [4.78, 5) is 11.5. The molecule has 0 saturated carbocycles.